The van der Waals surface area contributed by atoms with Gasteiger partial charge in [0.2, 0.25) is 10.0 Å². The third-order valence-electron chi connectivity index (χ3n) is 5.07. The number of nitrogens with one attached hydrogen (secondary N) is 1. The van der Waals surface area contributed by atoms with Crippen LogP contribution >= 0.6 is 23.4 Å². The van der Waals surface area contributed by atoms with Crippen molar-refractivity contribution < 1.29 is 13.2 Å². The summed E-state index contributed by atoms with van der Waals surface area (Å²) >= 11 is 7.75. The maximum absolute atomic E-state index is 13.1. The Labute approximate surface area is 187 Å². The van der Waals surface area contributed by atoms with Crippen LogP contribution in [0.25, 0.3) is 0 Å². The Morgan fingerprint density at radius 3 is 2.43 bits per heavy atom. The van der Waals surface area contributed by atoms with Crippen molar-refractivity contribution in [3.8, 4) is 0 Å². The van der Waals surface area contributed by atoms with Crippen LogP contribution in [0.5, 0.6) is 0 Å². The summed E-state index contributed by atoms with van der Waals surface area (Å²) in [6.45, 7) is 1.05. The standard InChI is InChI=1S/C21H26ClN3O3S2/c1-24(2)20-10-8-16(30(27,28)25-11-5-4-6-12-25)14-19(20)23-21(26)17-13-15(29-3)7-9-18(17)22/h7-10,13-14H,4-6,11-12H2,1-3H3,(H,23,26). The fourth-order valence-corrected chi connectivity index (χ4v) is 5.60. The van der Waals surface area contributed by atoms with Crippen LogP contribution < -0.4 is 10.2 Å². The molecule has 2 aromatic rings. The fraction of sp³-hybridized carbons (Fsp3) is 0.381. The van der Waals surface area contributed by atoms with Crippen LogP contribution in [0.2, 0.25) is 5.02 Å². The second-order valence-corrected chi connectivity index (χ2v) is 10.6. The number of hydrogen-bond donors (Lipinski definition) is 1. The molecule has 1 heterocycles. The molecule has 30 heavy (non-hydrogen) atoms. The zero-order valence-electron chi connectivity index (χ0n) is 17.3. The zero-order chi connectivity index (χ0) is 21.9. The van der Waals surface area contributed by atoms with E-state index in [-0.39, 0.29) is 10.8 Å². The summed E-state index contributed by atoms with van der Waals surface area (Å²) in [5.41, 5.74) is 1.48. The number of benzene rings is 2. The van der Waals surface area contributed by atoms with Gasteiger partial charge in [-0.05, 0) is 55.5 Å². The lowest BCUT2D eigenvalue weighted by molar-refractivity contribution is 0.102. The van der Waals surface area contributed by atoms with Gasteiger partial charge in [-0.3, -0.25) is 4.79 Å². The normalized spacial score (nSPS) is 15.1. The first-order chi connectivity index (χ1) is 14.2. The number of amides is 1. The van der Waals surface area contributed by atoms with E-state index in [1.807, 2.05) is 31.3 Å². The van der Waals surface area contributed by atoms with Gasteiger partial charge in [-0.15, -0.1) is 11.8 Å². The van der Waals surface area contributed by atoms with Gasteiger partial charge in [-0.25, -0.2) is 8.42 Å². The third kappa shape index (κ3) is 4.94. The van der Waals surface area contributed by atoms with Crippen molar-refractivity contribution in [1.82, 2.24) is 4.31 Å². The third-order valence-corrected chi connectivity index (χ3v) is 8.02. The van der Waals surface area contributed by atoms with Crippen molar-refractivity contribution in [1.29, 1.82) is 0 Å². The van der Waals surface area contributed by atoms with Crippen LogP contribution in [0.15, 0.2) is 46.2 Å². The first-order valence-electron chi connectivity index (χ1n) is 9.70. The first-order valence-corrected chi connectivity index (χ1v) is 12.7. The Balaban J connectivity index is 1.97. The molecule has 0 aromatic heterocycles. The molecule has 0 aliphatic carbocycles. The van der Waals surface area contributed by atoms with Gasteiger partial charge in [-0.2, -0.15) is 4.31 Å². The summed E-state index contributed by atoms with van der Waals surface area (Å²) in [7, 11) is 0.0647. The Kier molecular flexibility index (Phi) is 7.34. The Morgan fingerprint density at radius 1 is 1.10 bits per heavy atom. The summed E-state index contributed by atoms with van der Waals surface area (Å²) in [6, 6.07) is 10.1. The van der Waals surface area contributed by atoms with Crippen LogP contribution in [0.4, 0.5) is 11.4 Å². The number of rotatable bonds is 6. The van der Waals surface area contributed by atoms with Gasteiger partial charge in [0.1, 0.15) is 0 Å². The smallest absolute Gasteiger partial charge is 0.257 e. The molecule has 0 saturated carbocycles. The summed E-state index contributed by atoms with van der Waals surface area (Å²) in [4.78, 5) is 15.9. The molecule has 1 aliphatic rings. The van der Waals surface area contributed by atoms with Crippen molar-refractivity contribution in [2.75, 3.05) is 43.7 Å². The average molecular weight is 468 g/mol. The van der Waals surface area contributed by atoms with E-state index in [1.165, 1.54) is 22.1 Å². The zero-order valence-corrected chi connectivity index (χ0v) is 19.7. The Morgan fingerprint density at radius 2 is 1.80 bits per heavy atom. The number of halogens is 1. The number of nitrogens with zero attached hydrogens (tertiary/aromatic N) is 2. The lowest BCUT2D eigenvalue weighted by Crippen LogP contribution is -2.35. The topological polar surface area (TPSA) is 69.7 Å². The highest BCUT2D eigenvalue weighted by atomic mass is 35.5. The maximum Gasteiger partial charge on any atom is 0.257 e. The highest BCUT2D eigenvalue weighted by Crippen LogP contribution is 2.31. The molecule has 3 rings (SSSR count). The molecular formula is C21H26ClN3O3S2. The maximum atomic E-state index is 13.1. The molecule has 0 atom stereocenters. The van der Waals surface area contributed by atoms with E-state index < -0.39 is 10.0 Å². The van der Waals surface area contributed by atoms with Crippen LogP contribution in [0.3, 0.4) is 0 Å². The minimum absolute atomic E-state index is 0.175. The minimum atomic E-state index is -3.61. The molecule has 9 heteroatoms. The molecule has 162 valence electrons. The fourth-order valence-electron chi connectivity index (χ4n) is 3.42. The molecule has 1 saturated heterocycles. The second kappa shape index (κ2) is 9.60. The molecule has 0 unspecified atom stereocenters. The van der Waals surface area contributed by atoms with Crippen molar-refractivity contribution in [2.24, 2.45) is 0 Å². The minimum Gasteiger partial charge on any atom is -0.376 e. The number of thioether (sulfide) groups is 1. The van der Waals surface area contributed by atoms with E-state index in [2.05, 4.69) is 5.32 Å². The number of sulfonamides is 1. The molecular weight excluding hydrogens is 442 g/mol. The van der Waals surface area contributed by atoms with E-state index >= 15 is 0 Å². The van der Waals surface area contributed by atoms with Crippen molar-refractivity contribution >= 4 is 50.7 Å². The quantitative estimate of drug-likeness (QED) is 0.631. The molecule has 0 spiro atoms. The number of carbonyl (C=O) groups excluding carboxylic acids is 1. The molecule has 0 bridgehead atoms. The number of piperidine rings is 1. The SMILES string of the molecule is CSc1ccc(Cl)c(C(=O)Nc2cc(S(=O)(=O)N3CCCCC3)ccc2N(C)C)c1. The second-order valence-electron chi connectivity index (χ2n) is 7.34. The highest BCUT2D eigenvalue weighted by molar-refractivity contribution is 7.98. The van der Waals surface area contributed by atoms with Gasteiger partial charge in [0.25, 0.3) is 5.91 Å². The van der Waals surface area contributed by atoms with Gasteiger partial charge in [0, 0.05) is 32.1 Å². The number of carbonyl (C=O) groups is 1. The van der Waals surface area contributed by atoms with Crippen molar-refractivity contribution in [2.45, 2.75) is 29.1 Å². The first kappa shape index (κ1) is 22.9. The predicted octanol–water partition coefficient (Wildman–Crippen LogP) is 4.55. The molecule has 1 aliphatic heterocycles. The largest absolute Gasteiger partial charge is 0.376 e. The average Bonchev–Trinajstić information content (AvgIpc) is 2.74. The van der Waals surface area contributed by atoms with E-state index in [4.69, 9.17) is 11.6 Å². The molecule has 6 nitrogen and oxygen atoms in total. The predicted molar refractivity (Wildman–Crippen MR) is 125 cm³/mol. The number of anilines is 2. The van der Waals surface area contributed by atoms with Crippen molar-refractivity contribution in [3.63, 3.8) is 0 Å². The molecule has 0 radical (unpaired) electrons. The summed E-state index contributed by atoms with van der Waals surface area (Å²) in [5.74, 6) is -0.383. The Hall–Kier alpha value is -1.74. The lowest BCUT2D eigenvalue weighted by Gasteiger charge is -2.26. The highest BCUT2D eigenvalue weighted by Gasteiger charge is 2.27. The summed E-state index contributed by atoms with van der Waals surface area (Å²) in [5, 5.41) is 3.20. The molecule has 1 N–H and O–H groups in total. The van der Waals surface area contributed by atoms with E-state index in [0.29, 0.717) is 35.1 Å². The van der Waals surface area contributed by atoms with Gasteiger partial charge in [0.05, 0.1) is 26.9 Å². The lowest BCUT2D eigenvalue weighted by atomic mass is 10.2. The van der Waals surface area contributed by atoms with Crippen LogP contribution in [0.1, 0.15) is 29.6 Å². The number of hydrogen-bond acceptors (Lipinski definition) is 5. The van der Waals surface area contributed by atoms with Gasteiger partial charge in [0.15, 0.2) is 0 Å². The molecule has 2 aromatic carbocycles. The van der Waals surface area contributed by atoms with Gasteiger partial charge in [-0.1, -0.05) is 18.0 Å². The van der Waals surface area contributed by atoms with E-state index in [9.17, 15) is 13.2 Å². The monoisotopic (exact) mass is 467 g/mol. The van der Waals surface area contributed by atoms with Gasteiger partial charge >= 0.3 is 0 Å². The van der Waals surface area contributed by atoms with Crippen LogP contribution in [-0.2, 0) is 10.0 Å². The summed E-state index contributed by atoms with van der Waals surface area (Å²) in [6.07, 6.45) is 4.69. The Bertz CT molecular complexity index is 1040. The van der Waals surface area contributed by atoms with E-state index in [1.54, 1.807) is 24.3 Å². The summed E-state index contributed by atoms with van der Waals surface area (Å²) < 4.78 is 27.7. The molecule has 1 amide bonds. The molecule has 1 fully saturated rings. The van der Waals surface area contributed by atoms with E-state index in [0.717, 1.165) is 24.2 Å². The van der Waals surface area contributed by atoms with Crippen molar-refractivity contribution in [3.05, 3.63) is 47.0 Å². The van der Waals surface area contributed by atoms with Gasteiger partial charge < -0.3 is 10.2 Å². The van der Waals surface area contributed by atoms with Crippen LogP contribution in [0, 0.1) is 0 Å². The van der Waals surface area contributed by atoms with Crippen LogP contribution in [-0.4, -0.2) is 52.1 Å².